The third kappa shape index (κ3) is 4.51. The zero-order valence-electron chi connectivity index (χ0n) is 17.8. The number of hydrogen-bond acceptors (Lipinski definition) is 4. The molecule has 2 aromatic heterocycles. The lowest BCUT2D eigenvalue weighted by molar-refractivity contribution is 0.103. The summed E-state index contributed by atoms with van der Waals surface area (Å²) in [6.45, 7) is 11.5. The summed E-state index contributed by atoms with van der Waals surface area (Å²) in [6.07, 6.45) is 3.14. The van der Waals surface area contributed by atoms with Crippen LogP contribution < -0.4 is 0 Å². The first kappa shape index (κ1) is 22.7. The fraction of sp³-hybridized carbons (Fsp3) is 0.304. The van der Waals surface area contributed by atoms with Gasteiger partial charge in [0.05, 0.1) is 22.1 Å². The van der Waals surface area contributed by atoms with E-state index >= 15 is 0 Å². The number of furan rings is 1. The average molecular weight is 462 g/mol. The molecule has 0 radical (unpaired) electrons. The van der Waals surface area contributed by atoms with Crippen LogP contribution >= 0.6 is 22.9 Å². The van der Waals surface area contributed by atoms with Crippen LogP contribution in [0.4, 0.5) is 0 Å². The monoisotopic (exact) mass is 461 g/mol. The zero-order valence-corrected chi connectivity index (χ0v) is 20.2. The maximum atomic E-state index is 13.4. The van der Waals surface area contributed by atoms with Crippen LogP contribution in [-0.2, 0) is 11.0 Å². The Kier molecular flexibility index (Phi) is 6.51. The first-order valence-electron chi connectivity index (χ1n) is 9.45. The highest BCUT2D eigenvalue weighted by Gasteiger charge is 2.26. The Morgan fingerprint density at radius 2 is 1.80 bits per heavy atom. The summed E-state index contributed by atoms with van der Waals surface area (Å²) in [5.74, 6) is 0.432. The van der Waals surface area contributed by atoms with E-state index in [-0.39, 0.29) is 5.78 Å². The van der Waals surface area contributed by atoms with E-state index in [1.165, 1.54) is 6.21 Å². The molecule has 158 valence electrons. The quantitative estimate of drug-likeness (QED) is 0.313. The third-order valence-electron chi connectivity index (χ3n) is 4.74. The molecule has 0 amide bonds. The second-order valence-electron chi connectivity index (χ2n) is 8.08. The van der Waals surface area contributed by atoms with Crippen molar-refractivity contribution in [3.05, 3.63) is 68.4 Å². The van der Waals surface area contributed by atoms with E-state index in [1.54, 1.807) is 41.9 Å². The molecule has 0 aliphatic heterocycles. The first-order chi connectivity index (χ1) is 14.0. The highest BCUT2D eigenvalue weighted by molar-refractivity contribution is 7.85. The summed E-state index contributed by atoms with van der Waals surface area (Å²) < 4.78 is 21.8. The Morgan fingerprint density at radius 3 is 2.40 bits per heavy atom. The molecule has 3 rings (SSSR count). The van der Waals surface area contributed by atoms with Gasteiger partial charge in [0.25, 0.3) is 0 Å². The molecular formula is C23H24ClNO3S2. The second-order valence-corrected chi connectivity index (χ2v) is 11.7. The number of thiophene rings is 1. The molecule has 0 aliphatic carbocycles. The van der Waals surface area contributed by atoms with Gasteiger partial charge < -0.3 is 4.42 Å². The van der Waals surface area contributed by atoms with E-state index in [2.05, 4.69) is 4.40 Å². The van der Waals surface area contributed by atoms with Crippen molar-refractivity contribution in [1.29, 1.82) is 0 Å². The standard InChI is InChI=1S/C23H24ClNO3S2/c1-13-12-28-18(11-25-30(27)23(4,5)6)19(13)22-20(14(2)15(3)29-22)21(26)16-7-9-17(24)10-8-16/h7-12H,1-6H3. The van der Waals surface area contributed by atoms with E-state index in [9.17, 15) is 9.00 Å². The van der Waals surface area contributed by atoms with Crippen LogP contribution in [0, 0.1) is 20.8 Å². The lowest BCUT2D eigenvalue weighted by Gasteiger charge is -2.12. The average Bonchev–Trinajstić information content (AvgIpc) is 3.18. The van der Waals surface area contributed by atoms with Crippen molar-refractivity contribution < 1.29 is 13.4 Å². The van der Waals surface area contributed by atoms with Crippen molar-refractivity contribution >= 4 is 45.9 Å². The fourth-order valence-corrected chi connectivity index (χ4v) is 4.83. The molecule has 0 saturated carbocycles. The van der Waals surface area contributed by atoms with Gasteiger partial charge in [0.15, 0.2) is 11.5 Å². The summed E-state index contributed by atoms with van der Waals surface area (Å²) in [6, 6.07) is 6.90. The molecule has 0 saturated heterocycles. The van der Waals surface area contributed by atoms with Crippen LogP contribution in [0.15, 0.2) is 39.3 Å². The van der Waals surface area contributed by atoms with Crippen LogP contribution in [0.5, 0.6) is 0 Å². The molecule has 0 bridgehead atoms. The van der Waals surface area contributed by atoms with Gasteiger partial charge >= 0.3 is 0 Å². The van der Waals surface area contributed by atoms with Gasteiger partial charge in [0.2, 0.25) is 0 Å². The molecule has 1 atom stereocenters. The van der Waals surface area contributed by atoms with Crippen molar-refractivity contribution in [2.75, 3.05) is 0 Å². The van der Waals surface area contributed by atoms with Gasteiger partial charge in [0.1, 0.15) is 11.0 Å². The molecule has 0 fully saturated rings. The molecule has 3 aromatic rings. The number of carbonyl (C=O) groups is 1. The third-order valence-corrected chi connectivity index (χ3v) is 7.56. The van der Waals surface area contributed by atoms with E-state index < -0.39 is 15.7 Å². The SMILES string of the molecule is Cc1coc(C=NS(=O)C(C)(C)C)c1-c1sc(C)c(C)c1C(=O)c1ccc(Cl)cc1. The van der Waals surface area contributed by atoms with E-state index in [0.29, 0.717) is 21.9 Å². The summed E-state index contributed by atoms with van der Waals surface area (Å²) >= 11 is 7.53. The molecule has 1 aromatic carbocycles. The zero-order chi connectivity index (χ0) is 22.2. The minimum absolute atomic E-state index is 0.0646. The predicted octanol–water partition coefficient (Wildman–Crippen LogP) is 6.70. The van der Waals surface area contributed by atoms with Gasteiger partial charge in [0, 0.05) is 26.6 Å². The number of ketones is 1. The van der Waals surface area contributed by atoms with E-state index in [4.69, 9.17) is 16.0 Å². The van der Waals surface area contributed by atoms with Crippen molar-refractivity contribution in [3.8, 4) is 10.4 Å². The van der Waals surface area contributed by atoms with Gasteiger partial charge in [-0.05, 0) is 76.9 Å². The normalized spacial score (nSPS) is 13.2. The topological polar surface area (TPSA) is 59.6 Å². The first-order valence-corrected chi connectivity index (χ1v) is 11.8. The Bertz CT molecular complexity index is 1150. The van der Waals surface area contributed by atoms with Crippen LogP contribution in [0.1, 0.15) is 58.5 Å². The summed E-state index contributed by atoms with van der Waals surface area (Å²) in [7, 11) is -1.41. The van der Waals surface area contributed by atoms with Gasteiger partial charge in [-0.3, -0.25) is 4.79 Å². The Labute approximate surface area is 188 Å². The van der Waals surface area contributed by atoms with Crippen molar-refractivity contribution in [2.45, 2.75) is 46.3 Å². The van der Waals surface area contributed by atoms with E-state index in [1.807, 2.05) is 41.5 Å². The predicted molar refractivity (Wildman–Crippen MR) is 127 cm³/mol. The molecule has 0 N–H and O–H groups in total. The van der Waals surface area contributed by atoms with E-state index in [0.717, 1.165) is 26.4 Å². The smallest absolute Gasteiger partial charge is 0.194 e. The van der Waals surface area contributed by atoms with Crippen LogP contribution in [0.25, 0.3) is 10.4 Å². The number of nitrogens with zero attached hydrogens (tertiary/aromatic N) is 1. The lowest BCUT2D eigenvalue weighted by Crippen LogP contribution is -2.19. The number of aryl methyl sites for hydroxylation is 2. The number of rotatable bonds is 5. The van der Waals surface area contributed by atoms with Gasteiger partial charge in [-0.2, -0.15) is 4.40 Å². The van der Waals surface area contributed by atoms with Crippen molar-refractivity contribution in [2.24, 2.45) is 4.40 Å². The van der Waals surface area contributed by atoms with Gasteiger partial charge in [-0.25, -0.2) is 4.21 Å². The highest BCUT2D eigenvalue weighted by Crippen LogP contribution is 2.41. The summed E-state index contributed by atoms with van der Waals surface area (Å²) in [5.41, 5.74) is 3.87. The lowest BCUT2D eigenvalue weighted by atomic mass is 9.96. The fourth-order valence-electron chi connectivity index (χ4n) is 2.93. The van der Waals surface area contributed by atoms with Crippen molar-refractivity contribution in [3.63, 3.8) is 0 Å². The Balaban J connectivity index is 2.12. The number of carbonyl (C=O) groups excluding carboxylic acids is 1. The molecule has 7 heteroatoms. The molecular weight excluding hydrogens is 438 g/mol. The van der Waals surface area contributed by atoms with Crippen LogP contribution in [0.3, 0.4) is 0 Å². The molecule has 4 nitrogen and oxygen atoms in total. The molecule has 0 aliphatic rings. The summed E-state index contributed by atoms with van der Waals surface area (Å²) in [5, 5.41) is 0.584. The maximum absolute atomic E-state index is 13.4. The summed E-state index contributed by atoms with van der Waals surface area (Å²) in [4.78, 5) is 15.3. The minimum atomic E-state index is -1.41. The molecule has 2 heterocycles. The molecule has 1 unspecified atom stereocenters. The minimum Gasteiger partial charge on any atom is -0.462 e. The number of benzene rings is 1. The number of hydrogen-bond donors (Lipinski definition) is 0. The maximum Gasteiger partial charge on any atom is 0.194 e. The Hall–Kier alpha value is -2.02. The van der Waals surface area contributed by atoms with Crippen molar-refractivity contribution in [1.82, 2.24) is 0 Å². The van der Waals surface area contributed by atoms with Gasteiger partial charge in [-0.15, -0.1) is 11.3 Å². The second kappa shape index (κ2) is 8.61. The Morgan fingerprint density at radius 1 is 1.17 bits per heavy atom. The number of halogens is 1. The highest BCUT2D eigenvalue weighted by atomic mass is 35.5. The largest absolute Gasteiger partial charge is 0.462 e. The molecule has 0 spiro atoms. The van der Waals surface area contributed by atoms with Gasteiger partial charge in [-0.1, -0.05) is 11.6 Å². The van der Waals surface area contributed by atoms with Crippen LogP contribution in [-0.4, -0.2) is 21.0 Å². The molecule has 30 heavy (non-hydrogen) atoms. The van der Waals surface area contributed by atoms with Crippen LogP contribution in [0.2, 0.25) is 5.02 Å².